The van der Waals surface area contributed by atoms with Gasteiger partial charge in [0.2, 0.25) is 11.8 Å². The molecule has 2 rings (SSSR count). The molecule has 1 aliphatic heterocycles. The highest BCUT2D eigenvalue weighted by molar-refractivity contribution is 6.05. The average Bonchev–Trinajstić information content (AvgIpc) is 2.60. The maximum atomic E-state index is 11.7. The normalized spacial score (nSPS) is 41.4. The van der Waals surface area contributed by atoms with Gasteiger partial charge in [-0.2, -0.15) is 0 Å². The lowest BCUT2D eigenvalue weighted by molar-refractivity contribution is -0.139. The highest BCUT2D eigenvalue weighted by Crippen LogP contribution is 2.46. The monoisotopic (exact) mass is 191 g/mol. The molecule has 0 N–H and O–H groups in total. The lowest BCUT2D eigenvalue weighted by Crippen LogP contribution is -2.29. The molecule has 2 aliphatic rings. The van der Waals surface area contributed by atoms with Crippen LogP contribution >= 0.6 is 0 Å². The predicted molar refractivity (Wildman–Crippen MR) is 50.9 cm³/mol. The molecular formula is C11H13NO2. The van der Waals surface area contributed by atoms with E-state index >= 15 is 0 Å². The van der Waals surface area contributed by atoms with Gasteiger partial charge < -0.3 is 0 Å². The summed E-state index contributed by atoms with van der Waals surface area (Å²) >= 11 is 0. The van der Waals surface area contributed by atoms with E-state index < -0.39 is 0 Å². The highest BCUT2D eigenvalue weighted by Gasteiger charge is 2.55. The smallest absolute Gasteiger partial charge is 0.234 e. The summed E-state index contributed by atoms with van der Waals surface area (Å²) in [4.78, 5) is 24.7. The zero-order valence-corrected chi connectivity index (χ0v) is 8.36. The first-order valence-corrected chi connectivity index (χ1v) is 4.85. The molecule has 0 aromatic rings. The Kier molecular flexibility index (Phi) is 1.88. The summed E-state index contributed by atoms with van der Waals surface area (Å²) in [7, 11) is 1.54. The van der Waals surface area contributed by atoms with E-state index in [-0.39, 0.29) is 35.5 Å². The third-order valence-electron chi connectivity index (χ3n) is 3.50. The van der Waals surface area contributed by atoms with Crippen LogP contribution in [0.5, 0.6) is 0 Å². The molecule has 0 spiro atoms. The SMILES string of the molecule is C#CC1CC(C)C2C(=O)N(C)C(=O)C12. The Labute approximate surface area is 83.5 Å². The lowest BCUT2D eigenvalue weighted by atomic mass is 9.90. The van der Waals surface area contributed by atoms with Gasteiger partial charge in [0.15, 0.2) is 0 Å². The molecule has 1 saturated heterocycles. The summed E-state index contributed by atoms with van der Waals surface area (Å²) < 4.78 is 0. The van der Waals surface area contributed by atoms with Crippen LogP contribution in [0, 0.1) is 36.0 Å². The number of imide groups is 1. The van der Waals surface area contributed by atoms with Crippen LogP contribution in [0.25, 0.3) is 0 Å². The fraction of sp³-hybridized carbons (Fsp3) is 0.636. The van der Waals surface area contributed by atoms with E-state index in [0.717, 1.165) is 6.42 Å². The number of terminal acetylenes is 1. The molecule has 0 radical (unpaired) electrons. The Morgan fingerprint density at radius 3 is 2.50 bits per heavy atom. The van der Waals surface area contributed by atoms with Gasteiger partial charge in [0.1, 0.15) is 0 Å². The molecule has 3 heteroatoms. The molecule has 14 heavy (non-hydrogen) atoms. The van der Waals surface area contributed by atoms with E-state index in [1.54, 1.807) is 7.05 Å². The molecule has 4 unspecified atom stereocenters. The van der Waals surface area contributed by atoms with Crippen molar-refractivity contribution in [2.75, 3.05) is 7.05 Å². The van der Waals surface area contributed by atoms with Gasteiger partial charge in [-0.3, -0.25) is 14.5 Å². The summed E-state index contributed by atoms with van der Waals surface area (Å²) in [5, 5.41) is 0. The molecule has 1 aliphatic carbocycles. The van der Waals surface area contributed by atoms with E-state index in [4.69, 9.17) is 6.42 Å². The van der Waals surface area contributed by atoms with Gasteiger partial charge in [-0.15, -0.1) is 12.3 Å². The van der Waals surface area contributed by atoms with Crippen LogP contribution in [-0.4, -0.2) is 23.8 Å². The van der Waals surface area contributed by atoms with Gasteiger partial charge in [0, 0.05) is 13.0 Å². The van der Waals surface area contributed by atoms with Crippen molar-refractivity contribution in [2.45, 2.75) is 13.3 Å². The number of rotatable bonds is 0. The van der Waals surface area contributed by atoms with Crippen LogP contribution in [0.1, 0.15) is 13.3 Å². The molecule has 1 heterocycles. The number of hydrogen-bond acceptors (Lipinski definition) is 2. The van der Waals surface area contributed by atoms with E-state index in [1.807, 2.05) is 6.92 Å². The molecule has 2 fully saturated rings. The largest absolute Gasteiger partial charge is 0.285 e. The highest BCUT2D eigenvalue weighted by atomic mass is 16.2. The van der Waals surface area contributed by atoms with Gasteiger partial charge in [0.25, 0.3) is 0 Å². The second-order valence-corrected chi connectivity index (χ2v) is 4.27. The molecular weight excluding hydrogens is 178 g/mol. The summed E-state index contributed by atoms with van der Waals surface area (Å²) in [6, 6.07) is 0. The van der Waals surface area contributed by atoms with Crippen LogP contribution in [0.2, 0.25) is 0 Å². The first-order valence-electron chi connectivity index (χ1n) is 4.85. The third-order valence-corrected chi connectivity index (χ3v) is 3.50. The van der Waals surface area contributed by atoms with Crippen LogP contribution in [0.4, 0.5) is 0 Å². The summed E-state index contributed by atoms with van der Waals surface area (Å²) in [6.07, 6.45) is 6.18. The Morgan fingerprint density at radius 2 is 1.93 bits per heavy atom. The fourth-order valence-corrected chi connectivity index (χ4v) is 2.75. The molecule has 74 valence electrons. The summed E-state index contributed by atoms with van der Waals surface area (Å²) in [5.41, 5.74) is 0. The van der Waals surface area contributed by atoms with E-state index in [9.17, 15) is 9.59 Å². The van der Waals surface area contributed by atoms with Gasteiger partial charge in [-0.05, 0) is 12.3 Å². The predicted octanol–water partition coefficient (Wildman–Crippen LogP) is 0.507. The maximum absolute atomic E-state index is 11.7. The van der Waals surface area contributed by atoms with Crippen molar-refractivity contribution in [3.8, 4) is 12.3 Å². The average molecular weight is 191 g/mol. The van der Waals surface area contributed by atoms with Gasteiger partial charge in [0.05, 0.1) is 11.8 Å². The second kappa shape index (κ2) is 2.84. The molecule has 0 aromatic heterocycles. The standard InChI is InChI=1S/C11H13NO2/c1-4-7-5-6(2)8-9(7)11(14)12(3)10(8)13/h1,6-9H,5H2,2-3H3. The topological polar surface area (TPSA) is 37.4 Å². The number of hydrogen-bond donors (Lipinski definition) is 0. The zero-order chi connectivity index (χ0) is 10.5. The Morgan fingerprint density at radius 1 is 1.36 bits per heavy atom. The first kappa shape index (κ1) is 9.26. The van der Waals surface area contributed by atoms with Crippen LogP contribution in [0.3, 0.4) is 0 Å². The Bertz CT molecular complexity index is 342. The van der Waals surface area contributed by atoms with Crippen molar-refractivity contribution in [3.05, 3.63) is 0 Å². The number of carbonyl (C=O) groups excluding carboxylic acids is 2. The molecule has 0 bridgehead atoms. The number of nitrogens with zero attached hydrogens (tertiary/aromatic N) is 1. The molecule has 0 aromatic carbocycles. The molecule has 4 atom stereocenters. The van der Waals surface area contributed by atoms with Crippen molar-refractivity contribution in [3.63, 3.8) is 0 Å². The Balaban J connectivity index is 2.39. The van der Waals surface area contributed by atoms with Gasteiger partial charge in [-0.25, -0.2) is 0 Å². The van der Waals surface area contributed by atoms with Gasteiger partial charge in [-0.1, -0.05) is 6.92 Å². The zero-order valence-electron chi connectivity index (χ0n) is 8.36. The maximum Gasteiger partial charge on any atom is 0.234 e. The summed E-state index contributed by atoms with van der Waals surface area (Å²) in [6.45, 7) is 2.00. The van der Waals surface area contributed by atoms with Crippen molar-refractivity contribution in [1.82, 2.24) is 4.90 Å². The van der Waals surface area contributed by atoms with E-state index in [1.165, 1.54) is 4.90 Å². The molecule has 1 saturated carbocycles. The fourth-order valence-electron chi connectivity index (χ4n) is 2.75. The Hall–Kier alpha value is -1.30. The quantitative estimate of drug-likeness (QED) is 0.413. The van der Waals surface area contributed by atoms with E-state index in [2.05, 4.69) is 5.92 Å². The number of fused-ring (bicyclic) bond motifs is 1. The van der Waals surface area contributed by atoms with Crippen LogP contribution in [-0.2, 0) is 9.59 Å². The van der Waals surface area contributed by atoms with Gasteiger partial charge >= 0.3 is 0 Å². The minimum absolute atomic E-state index is 0.0450. The number of amides is 2. The van der Waals surface area contributed by atoms with Crippen molar-refractivity contribution >= 4 is 11.8 Å². The number of likely N-dealkylation sites (tertiary alicyclic amines) is 1. The molecule has 3 nitrogen and oxygen atoms in total. The van der Waals surface area contributed by atoms with Crippen molar-refractivity contribution < 1.29 is 9.59 Å². The first-order chi connectivity index (χ1) is 6.57. The van der Waals surface area contributed by atoms with Crippen LogP contribution < -0.4 is 0 Å². The number of carbonyl (C=O) groups is 2. The minimum Gasteiger partial charge on any atom is -0.285 e. The van der Waals surface area contributed by atoms with Crippen molar-refractivity contribution in [2.24, 2.45) is 23.7 Å². The molecule has 2 amide bonds. The minimum atomic E-state index is -0.243. The second-order valence-electron chi connectivity index (χ2n) is 4.27. The van der Waals surface area contributed by atoms with E-state index in [0.29, 0.717) is 0 Å². The van der Waals surface area contributed by atoms with Crippen molar-refractivity contribution in [1.29, 1.82) is 0 Å². The third kappa shape index (κ3) is 0.942. The summed E-state index contributed by atoms with van der Waals surface area (Å²) in [5.74, 6) is 2.29. The van der Waals surface area contributed by atoms with Crippen LogP contribution in [0.15, 0.2) is 0 Å². The lowest BCUT2D eigenvalue weighted by Gasteiger charge is -2.12.